The molecule has 3 rings (SSSR count). The molecule has 0 unspecified atom stereocenters. The summed E-state index contributed by atoms with van der Waals surface area (Å²) in [6.45, 7) is 0. The molecule has 0 N–H and O–H groups in total. The molecule has 0 aliphatic rings. The maximum absolute atomic E-state index is 5.93. The Morgan fingerprint density at radius 2 is 1.00 bits per heavy atom. The Bertz CT molecular complexity index is 721. The van der Waals surface area contributed by atoms with Crippen LogP contribution in [0.15, 0.2) is 81.7 Å². The molecule has 0 amide bonds. The van der Waals surface area contributed by atoms with E-state index in [2.05, 4.69) is 31.9 Å². The molecular weight excluding hydrogens is 408 g/mol. The second-order valence-corrected chi connectivity index (χ2v) is 6.40. The summed E-state index contributed by atoms with van der Waals surface area (Å²) in [5.41, 5.74) is 0. The molecule has 0 radical (unpaired) electrons. The van der Waals surface area contributed by atoms with Gasteiger partial charge in [-0.2, -0.15) is 0 Å². The van der Waals surface area contributed by atoms with Gasteiger partial charge in [-0.1, -0.05) is 56.1 Å². The van der Waals surface area contributed by atoms with E-state index in [0.717, 1.165) is 20.4 Å². The Labute approximate surface area is 146 Å². The van der Waals surface area contributed by atoms with Crippen molar-refractivity contribution < 1.29 is 9.47 Å². The van der Waals surface area contributed by atoms with Crippen LogP contribution in [0.25, 0.3) is 0 Å². The third-order valence-corrected chi connectivity index (χ3v) is 3.88. The summed E-state index contributed by atoms with van der Waals surface area (Å²) in [5, 5.41) is 0. The van der Waals surface area contributed by atoms with E-state index in [1.807, 2.05) is 72.8 Å². The summed E-state index contributed by atoms with van der Waals surface area (Å²) >= 11 is 6.88. The average Bonchev–Trinajstić information content (AvgIpc) is 2.49. The molecule has 22 heavy (non-hydrogen) atoms. The maximum Gasteiger partial charge on any atom is 0.169 e. The number of para-hydroxylation sites is 2. The highest BCUT2D eigenvalue weighted by Gasteiger charge is 2.07. The van der Waals surface area contributed by atoms with Gasteiger partial charge >= 0.3 is 0 Å². The fraction of sp³-hybridized carbons (Fsp3) is 0. The van der Waals surface area contributed by atoms with Gasteiger partial charge in [-0.25, -0.2) is 0 Å². The van der Waals surface area contributed by atoms with Crippen molar-refractivity contribution in [3.05, 3.63) is 81.7 Å². The van der Waals surface area contributed by atoms with Crippen LogP contribution in [-0.4, -0.2) is 0 Å². The molecule has 0 aromatic heterocycles. The minimum absolute atomic E-state index is 0.667. The summed E-state index contributed by atoms with van der Waals surface area (Å²) in [5.74, 6) is 2.83. The minimum Gasteiger partial charge on any atom is -0.453 e. The number of ether oxygens (including phenoxy) is 2. The highest BCUT2D eigenvalue weighted by Crippen LogP contribution is 2.35. The van der Waals surface area contributed by atoms with Crippen LogP contribution in [0.5, 0.6) is 23.0 Å². The third kappa shape index (κ3) is 3.90. The fourth-order valence-electron chi connectivity index (χ4n) is 1.93. The van der Waals surface area contributed by atoms with Gasteiger partial charge in [-0.15, -0.1) is 0 Å². The number of rotatable bonds is 4. The summed E-state index contributed by atoms with van der Waals surface area (Å²) in [4.78, 5) is 0. The summed E-state index contributed by atoms with van der Waals surface area (Å²) in [7, 11) is 0. The summed E-state index contributed by atoms with van der Waals surface area (Å²) in [6, 6.07) is 23.0. The van der Waals surface area contributed by atoms with E-state index in [1.165, 1.54) is 0 Å². The molecule has 2 nitrogen and oxygen atoms in total. The van der Waals surface area contributed by atoms with Crippen molar-refractivity contribution in [3.8, 4) is 23.0 Å². The largest absolute Gasteiger partial charge is 0.453 e. The van der Waals surface area contributed by atoms with Gasteiger partial charge in [0, 0.05) is 8.95 Å². The second-order valence-electron chi connectivity index (χ2n) is 4.57. The molecule has 0 heterocycles. The molecule has 0 fully saturated rings. The molecule has 0 saturated heterocycles. The van der Waals surface area contributed by atoms with Crippen molar-refractivity contribution >= 4 is 31.9 Å². The lowest BCUT2D eigenvalue weighted by Crippen LogP contribution is -1.90. The maximum atomic E-state index is 5.93. The normalized spacial score (nSPS) is 10.3. The lowest BCUT2D eigenvalue weighted by atomic mass is 10.3. The van der Waals surface area contributed by atoms with Crippen molar-refractivity contribution in [2.24, 2.45) is 0 Å². The lowest BCUT2D eigenvalue weighted by molar-refractivity contribution is 0.418. The first kappa shape index (κ1) is 15.1. The van der Waals surface area contributed by atoms with Crippen molar-refractivity contribution in [1.82, 2.24) is 0 Å². The predicted molar refractivity (Wildman–Crippen MR) is 94.9 cm³/mol. The van der Waals surface area contributed by atoms with Crippen molar-refractivity contribution in [1.29, 1.82) is 0 Å². The van der Waals surface area contributed by atoms with Crippen LogP contribution in [-0.2, 0) is 0 Å². The zero-order chi connectivity index (χ0) is 15.4. The van der Waals surface area contributed by atoms with Gasteiger partial charge in [-0.05, 0) is 48.5 Å². The van der Waals surface area contributed by atoms with E-state index in [1.54, 1.807) is 0 Å². The van der Waals surface area contributed by atoms with Crippen LogP contribution < -0.4 is 9.47 Å². The van der Waals surface area contributed by atoms with E-state index >= 15 is 0 Å². The Kier molecular flexibility index (Phi) is 4.80. The van der Waals surface area contributed by atoms with Crippen LogP contribution in [0.3, 0.4) is 0 Å². The molecule has 0 saturated carbocycles. The van der Waals surface area contributed by atoms with Crippen LogP contribution in [0.2, 0.25) is 0 Å². The number of halogens is 2. The molecule has 0 aliphatic carbocycles. The molecule has 3 aromatic rings. The predicted octanol–water partition coefficient (Wildman–Crippen LogP) is 6.80. The Morgan fingerprint density at radius 3 is 1.41 bits per heavy atom. The van der Waals surface area contributed by atoms with Gasteiger partial charge in [-0.3, -0.25) is 0 Å². The minimum atomic E-state index is 0.667. The first-order valence-electron chi connectivity index (χ1n) is 6.66. The van der Waals surface area contributed by atoms with Crippen LogP contribution in [0, 0.1) is 0 Å². The lowest BCUT2D eigenvalue weighted by Gasteiger charge is -2.12. The quantitative estimate of drug-likeness (QED) is 0.463. The Balaban J connectivity index is 1.86. The van der Waals surface area contributed by atoms with Crippen LogP contribution in [0.4, 0.5) is 0 Å². The Morgan fingerprint density at radius 1 is 0.545 bits per heavy atom. The Hall–Kier alpha value is -1.78. The van der Waals surface area contributed by atoms with Gasteiger partial charge < -0.3 is 9.47 Å². The molecule has 4 heteroatoms. The highest BCUT2D eigenvalue weighted by molar-refractivity contribution is 9.10. The van der Waals surface area contributed by atoms with E-state index < -0.39 is 0 Å². The average molecular weight is 420 g/mol. The van der Waals surface area contributed by atoms with Crippen molar-refractivity contribution in [2.45, 2.75) is 0 Å². The zero-order valence-corrected chi connectivity index (χ0v) is 14.7. The number of hydrogen-bond acceptors (Lipinski definition) is 2. The molecule has 0 bridgehead atoms. The molecule has 3 aromatic carbocycles. The standard InChI is InChI=1S/C18H12Br2O2/c19-13-5-3-7-15(11-13)21-17-9-1-2-10-18(17)22-16-8-4-6-14(20)12-16/h1-12H. The fourth-order valence-corrected chi connectivity index (χ4v) is 2.69. The first-order valence-corrected chi connectivity index (χ1v) is 8.25. The third-order valence-electron chi connectivity index (χ3n) is 2.90. The molecule has 0 spiro atoms. The molecule has 0 aliphatic heterocycles. The second kappa shape index (κ2) is 6.99. The van der Waals surface area contributed by atoms with Gasteiger partial charge in [0.2, 0.25) is 0 Å². The van der Waals surface area contributed by atoms with Crippen molar-refractivity contribution in [2.75, 3.05) is 0 Å². The molecule has 110 valence electrons. The van der Waals surface area contributed by atoms with Gasteiger partial charge in [0.25, 0.3) is 0 Å². The zero-order valence-electron chi connectivity index (χ0n) is 11.5. The van der Waals surface area contributed by atoms with E-state index in [-0.39, 0.29) is 0 Å². The number of hydrogen-bond donors (Lipinski definition) is 0. The summed E-state index contributed by atoms with van der Waals surface area (Å²) in [6.07, 6.45) is 0. The smallest absolute Gasteiger partial charge is 0.169 e. The molecular formula is C18H12Br2O2. The topological polar surface area (TPSA) is 18.5 Å². The van der Waals surface area contributed by atoms with Crippen molar-refractivity contribution in [3.63, 3.8) is 0 Å². The number of benzene rings is 3. The van der Waals surface area contributed by atoms with E-state index in [9.17, 15) is 0 Å². The van der Waals surface area contributed by atoms with Gasteiger partial charge in [0.1, 0.15) is 11.5 Å². The highest BCUT2D eigenvalue weighted by atomic mass is 79.9. The van der Waals surface area contributed by atoms with E-state index in [0.29, 0.717) is 11.5 Å². The first-order chi connectivity index (χ1) is 10.7. The van der Waals surface area contributed by atoms with Crippen LogP contribution >= 0.6 is 31.9 Å². The monoisotopic (exact) mass is 418 g/mol. The molecule has 0 atom stereocenters. The van der Waals surface area contributed by atoms with Crippen LogP contribution in [0.1, 0.15) is 0 Å². The van der Waals surface area contributed by atoms with E-state index in [4.69, 9.17) is 9.47 Å². The van der Waals surface area contributed by atoms with Gasteiger partial charge in [0.05, 0.1) is 0 Å². The van der Waals surface area contributed by atoms with Gasteiger partial charge in [0.15, 0.2) is 11.5 Å². The SMILES string of the molecule is Brc1cccc(Oc2ccccc2Oc2cccc(Br)c2)c1. The summed E-state index contributed by atoms with van der Waals surface area (Å²) < 4.78 is 13.8.